The highest BCUT2D eigenvalue weighted by Crippen LogP contribution is 2.23. The second-order valence-corrected chi connectivity index (χ2v) is 7.80. The number of aliphatic hydroxyl groups is 4. The number of amides is 1. The SMILES string of the molecule is CC(=O)N(CCCCCCN1C[C@H](O)[C@@H](O)[C@H](O)[C@H]1CCO)c1ccc(F)cc1F. The Hall–Kier alpha value is -1.65. The lowest BCUT2D eigenvalue weighted by Crippen LogP contribution is -2.61. The fourth-order valence-electron chi connectivity index (χ4n) is 3.98. The van der Waals surface area contributed by atoms with Gasteiger partial charge in [0.05, 0.1) is 17.9 Å². The molecule has 1 amide bonds. The molecule has 2 rings (SSSR count). The van der Waals surface area contributed by atoms with Crippen LogP contribution in [0, 0.1) is 11.6 Å². The number of aliphatic hydroxyl groups excluding tert-OH is 4. The molecule has 1 aliphatic rings. The van der Waals surface area contributed by atoms with Crippen LogP contribution in [0.3, 0.4) is 0 Å². The van der Waals surface area contributed by atoms with E-state index in [1.165, 1.54) is 17.9 Å². The quantitative estimate of drug-likeness (QED) is 0.414. The summed E-state index contributed by atoms with van der Waals surface area (Å²) in [6.45, 7) is 2.35. The summed E-state index contributed by atoms with van der Waals surface area (Å²) in [4.78, 5) is 15.0. The lowest BCUT2D eigenvalue weighted by Gasteiger charge is -2.43. The van der Waals surface area contributed by atoms with Crippen molar-refractivity contribution in [3.05, 3.63) is 29.8 Å². The smallest absolute Gasteiger partial charge is 0.223 e. The van der Waals surface area contributed by atoms with Crippen LogP contribution in [-0.2, 0) is 4.79 Å². The minimum Gasteiger partial charge on any atom is -0.396 e. The first-order valence-electron chi connectivity index (χ1n) is 10.4. The Morgan fingerprint density at radius 3 is 2.47 bits per heavy atom. The minimum absolute atomic E-state index is 0.0607. The van der Waals surface area contributed by atoms with E-state index >= 15 is 0 Å². The van der Waals surface area contributed by atoms with Crippen LogP contribution >= 0.6 is 0 Å². The zero-order valence-electron chi connectivity index (χ0n) is 17.3. The normalized spacial score (nSPS) is 24.8. The highest BCUT2D eigenvalue weighted by molar-refractivity contribution is 5.91. The molecule has 1 aromatic rings. The summed E-state index contributed by atoms with van der Waals surface area (Å²) in [7, 11) is 0. The Morgan fingerprint density at radius 1 is 1.13 bits per heavy atom. The van der Waals surface area contributed by atoms with Crippen molar-refractivity contribution < 1.29 is 34.0 Å². The average Bonchev–Trinajstić information content (AvgIpc) is 2.69. The summed E-state index contributed by atoms with van der Waals surface area (Å²) in [6, 6.07) is 2.72. The van der Waals surface area contributed by atoms with Gasteiger partial charge in [-0.15, -0.1) is 0 Å². The van der Waals surface area contributed by atoms with E-state index < -0.39 is 36.0 Å². The molecule has 0 aliphatic carbocycles. The third-order valence-electron chi connectivity index (χ3n) is 5.61. The monoisotopic (exact) mass is 430 g/mol. The molecule has 7 nitrogen and oxygen atoms in total. The number of carbonyl (C=O) groups is 1. The van der Waals surface area contributed by atoms with Crippen LogP contribution in [0.1, 0.15) is 39.0 Å². The summed E-state index contributed by atoms with van der Waals surface area (Å²) < 4.78 is 27.1. The molecular weight excluding hydrogens is 398 g/mol. The molecule has 0 aromatic heterocycles. The maximum atomic E-state index is 14.0. The lowest BCUT2D eigenvalue weighted by atomic mass is 9.91. The van der Waals surface area contributed by atoms with Crippen molar-refractivity contribution in [1.29, 1.82) is 0 Å². The standard InChI is InChI=1S/C21H32F2N2O5/c1-14(27)25(17-7-6-15(22)12-16(17)23)10-5-3-2-4-9-24-13-19(28)21(30)20(29)18(24)8-11-26/h6-7,12,18-21,26,28-30H,2-5,8-11,13H2,1H3/t18-,19+,20-,21-/m1/s1. The fourth-order valence-corrected chi connectivity index (χ4v) is 3.98. The van der Waals surface area contributed by atoms with Crippen molar-refractivity contribution in [1.82, 2.24) is 4.90 Å². The van der Waals surface area contributed by atoms with Gasteiger partial charge in [-0.25, -0.2) is 8.78 Å². The predicted octanol–water partition coefficient (Wildman–Crippen LogP) is 1.03. The van der Waals surface area contributed by atoms with E-state index in [2.05, 4.69) is 0 Å². The number of rotatable bonds is 10. The molecule has 0 spiro atoms. The van der Waals surface area contributed by atoms with Crippen LogP contribution in [0.25, 0.3) is 0 Å². The van der Waals surface area contributed by atoms with Gasteiger partial charge in [-0.05, 0) is 37.9 Å². The van der Waals surface area contributed by atoms with Gasteiger partial charge in [-0.3, -0.25) is 9.69 Å². The number of anilines is 1. The number of carbonyl (C=O) groups excluding carboxylic acids is 1. The fraction of sp³-hybridized carbons (Fsp3) is 0.667. The van der Waals surface area contributed by atoms with Crippen molar-refractivity contribution in [2.75, 3.05) is 31.1 Å². The summed E-state index contributed by atoms with van der Waals surface area (Å²) in [5.74, 6) is -1.79. The van der Waals surface area contributed by atoms with E-state index in [-0.39, 0.29) is 24.7 Å². The number of β-amino-alcohol motifs (C(OH)–C–C–N with tert-alkyl or cyclic N) is 1. The molecule has 0 saturated carbocycles. The van der Waals surface area contributed by atoms with Crippen molar-refractivity contribution in [2.24, 2.45) is 0 Å². The maximum absolute atomic E-state index is 14.0. The first-order chi connectivity index (χ1) is 14.3. The van der Waals surface area contributed by atoms with E-state index in [1.54, 1.807) is 0 Å². The van der Waals surface area contributed by atoms with E-state index in [0.29, 0.717) is 25.9 Å². The van der Waals surface area contributed by atoms with Gasteiger partial charge < -0.3 is 25.3 Å². The summed E-state index contributed by atoms with van der Waals surface area (Å²) in [5, 5.41) is 39.1. The number of piperidine rings is 1. The molecule has 1 fully saturated rings. The summed E-state index contributed by atoms with van der Waals surface area (Å²) in [5.41, 5.74) is 0.0607. The molecule has 1 saturated heterocycles. The van der Waals surface area contributed by atoms with E-state index in [9.17, 15) is 34.0 Å². The highest BCUT2D eigenvalue weighted by Gasteiger charge is 2.40. The third kappa shape index (κ3) is 6.42. The molecule has 170 valence electrons. The van der Waals surface area contributed by atoms with Crippen LogP contribution in [0.4, 0.5) is 14.5 Å². The number of likely N-dealkylation sites (tertiary alicyclic amines) is 1. The van der Waals surface area contributed by atoms with Crippen LogP contribution < -0.4 is 4.90 Å². The molecule has 0 bridgehead atoms. The van der Waals surface area contributed by atoms with Crippen LogP contribution in [0.5, 0.6) is 0 Å². The Kier molecular flexibility index (Phi) is 9.57. The summed E-state index contributed by atoms with van der Waals surface area (Å²) in [6.07, 6.45) is -0.0689. The first kappa shape index (κ1) is 24.6. The molecule has 1 heterocycles. The molecule has 1 aliphatic heterocycles. The molecule has 4 N–H and O–H groups in total. The number of hydrogen-bond donors (Lipinski definition) is 4. The number of unbranched alkanes of at least 4 members (excludes halogenated alkanes) is 3. The van der Waals surface area contributed by atoms with Crippen molar-refractivity contribution in [3.8, 4) is 0 Å². The molecule has 0 radical (unpaired) electrons. The van der Waals surface area contributed by atoms with Gasteiger partial charge in [0.25, 0.3) is 0 Å². The number of benzene rings is 1. The molecular formula is C21H32F2N2O5. The third-order valence-corrected chi connectivity index (χ3v) is 5.61. The van der Waals surface area contributed by atoms with Gasteiger partial charge in [-0.2, -0.15) is 0 Å². The zero-order valence-corrected chi connectivity index (χ0v) is 17.3. The second kappa shape index (κ2) is 11.7. The number of halogens is 2. The molecule has 9 heteroatoms. The number of hydrogen-bond acceptors (Lipinski definition) is 6. The molecule has 1 aromatic carbocycles. The zero-order chi connectivity index (χ0) is 22.3. The van der Waals surface area contributed by atoms with Gasteiger partial charge >= 0.3 is 0 Å². The Bertz CT molecular complexity index is 693. The highest BCUT2D eigenvalue weighted by atomic mass is 19.1. The Morgan fingerprint density at radius 2 is 1.83 bits per heavy atom. The van der Waals surface area contributed by atoms with Gasteiger partial charge in [0.1, 0.15) is 17.7 Å². The predicted molar refractivity (Wildman–Crippen MR) is 108 cm³/mol. The molecule has 0 unspecified atom stereocenters. The van der Waals surface area contributed by atoms with Crippen LogP contribution in [-0.4, -0.2) is 81.8 Å². The molecule has 4 atom stereocenters. The summed E-state index contributed by atoms with van der Waals surface area (Å²) >= 11 is 0. The van der Waals surface area contributed by atoms with E-state index in [1.807, 2.05) is 4.90 Å². The maximum Gasteiger partial charge on any atom is 0.223 e. The van der Waals surface area contributed by atoms with Crippen molar-refractivity contribution in [3.63, 3.8) is 0 Å². The van der Waals surface area contributed by atoms with Gasteiger partial charge in [0.2, 0.25) is 5.91 Å². The van der Waals surface area contributed by atoms with E-state index in [4.69, 9.17) is 0 Å². The Balaban J connectivity index is 1.79. The molecule has 30 heavy (non-hydrogen) atoms. The van der Waals surface area contributed by atoms with Gasteiger partial charge in [0.15, 0.2) is 0 Å². The van der Waals surface area contributed by atoms with Gasteiger partial charge in [-0.1, -0.05) is 12.8 Å². The Labute approximate surface area is 175 Å². The van der Waals surface area contributed by atoms with Crippen LogP contribution in [0.15, 0.2) is 18.2 Å². The first-order valence-corrected chi connectivity index (χ1v) is 10.4. The number of nitrogens with zero attached hydrogens (tertiary/aromatic N) is 2. The van der Waals surface area contributed by atoms with E-state index in [0.717, 1.165) is 31.4 Å². The van der Waals surface area contributed by atoms with Gasteiger partial charge in [0, 0.05) is 38.7 Å². The average molecular weight is 430 g/mol. The largest absolute Gasteiger partial charge is 0.396 e. The minimum atomic E-state index is -1.22. The topological polar surface area (TPSA) is 104 Å². The van der Waals surface area contributed by atoms with Crippen LogP contribution in [0.2, 0.25) is 0 Å². The van der Waals surface area contributed by atoms with Crippen molar-refractivity contribution in [2.45, 2.75) is 63.4 Å². The van der Waals surface area contributed by atoms with Crippen molar-refractivity contribution >= 4 is 11.6 Å². The second-order valence-electron chi connectivity index (χ2n) is 7.80. The lowest BCUT2D eigenvalue weighted by molar-refractivity contribution is -0.140.